The van der Waals surface area contributed by atoms with Crippen LogP contribution in [0.25, 0.3) is 0 Å². The highest BCUT2D eigenvalue weighted by atomic mass is 15.1. The highest BCUT2D eigenvalue weighted by Crippen LogP contribution is 2.39. The predicted molar refractivity (Wildman–Crippen MR) is 54.9 cm³/mol. The highest BCUT2D eigenvalue weighted by molar-refractivity contribution is 5.34. The van der Waals surface area contributed by atoms with E-state index in [0.29, 0.717) is 0 Å². The Kier molecular flexibility index (Phi) is 1.71. The van der Waals surface area contributed by atoms with Crippen LogP contribution >= 0.6 is 0 Å². The lowest BCUT2D eigenvalue weighted by Gasteiger charge is -2.22. The van der Waals surface area contributed by atoms with Gasteiger partial charge < -0.3 is 5.73 Å². The molecular formula is C11H17N3. The molecule has 0 aliphatic heterocycles. The average molecular weight is 191 g/mol. The van der Waals surface area contributed by atoms with Gasteiger partial charge in [0, 0.05) is 5.69 Å². The van der Waals surface area contributed by atoms with Crippen LogP contribution in [0.15, 0.2) is 0 Å². The molecule has 2 aliphatic rings. The molecule has 1 aromatic rings. The number of nitrogens with one attached hydrogen (secondary N) is 1. The zero-order valence-electron chi connectivity index (χ0n) is 8.47. The third kappa shape index (κ3) is 1.05. The first kappa shape index (κ1) is 8.48. The Balaban J connectivity index is 2.03. The molecule has 3 N–H and O–H groups in total. The van der Waals surface area contributed by atoms with Gasteiger partial charge in [-0.25, -0.2) is 0 Å². The summed E-state index contributed by atoms with van der Waals surface area (Å²) in [5, 5.41) is 7.60. The van der Waals surface area contributed by atoms with Gasteiger partial charge in [-0.05, 0) is 37.7 Å². The number of aryl methyl sites for hydroxylation is 1. The van der Waals surface area contributed by atoms with Crippen LogP contribution in [-0.4, -0.2) is 10.2 Å². The summed E-state index contributed by atoms with van der Waals surface area (Å²) in [5.41, 5.74) is 10.3. The van der Waals surface area contributed by atoms with E-state index in [9.17, 15) is 0 Å². The summed E-state index contributed by atoms with van der Waals surface area (Å²) in [6, 6.07) is 0. The normalized spacial score (nSPS) is 24.1. The molecule has 3 rings (SSSR count). The zero-order chi connectivity index (χ0) is 9.60. The van der Waals surface area contributed by atoms with Crippen molar-refractivity contribution in [3.05, 3.63) is 17.0 Å². The van der Waals surface area contributed by atoms with Crippen LogP contribution in [0.1, 0.15) is 49.1 Å². The molecule has 1 heterocycles. The molecule has 2 aliphatic carbocycles. The number of fused-ring (bicyclic) bond motifs is 1. The minimum atomic E-state index is -0.103. The number of nitrogens with two attached hydrogens (primary N) is 1. The summed E-state index contributed by atoms with van der Waals surface area (Å²) >= 11 is 0. The molecule has 0 unspecified atom stereocenters. The zero-order valence-corrected chi connectivity index (χ0v) is 8.47. The maximum Gasteiger partial charge on any atom is 0.0855 e. The molecule has 1 aromatic heterocycles. The van der Waals surface area contributed by atoms with Crippen molar-refractivity contribution < 1.29 is 0 Å². The molecule has 0 amide bonds. The Hall–Kier alpha value is -0.830. The Bertz CT molecular complexity index is 347. The van der Waals surface area contributed by atoms with Crippen molar-refractivity contribution >= 4 is 0 Å². The lowest BCUT2D eigenvalue weighted by Crippen LogP contribution is -2.34. The second kappa shape index (κ2) is 2.83. The maximum absolute atomic E-state index is 6.42. The maximum atomic E-state index is 6.42. The summed E-state index contributed by atoms with van der Waals surface area (Å²) in [5.74, 6) is 0. The lowest BCUT2D eigenvalue weighted by atomic mass is 9.91. The van der Waals surface area contributed by atoms with E-state index in [1.165, 1.54) is 49.1 Å². The van der Waals surface area contributed by atoms with Crippen LogP contribution in [0.4, 0.5) is 0 Å². The van der Waals surface area contributed by atoms with E-state index in [4.69, 9.17) is 5.73 Å². The summed E-state index contributed by atoms with van der Waals surface area (Å²) in [7, 11) is 0. The number of nitrogens with zero attached hydrogens (tertiary/aromatic N) is 1. The SMILES string of the molecule is NC1(c2n[nH]c3c2CCC3)CCCC1. The molecule has 0 radical (unpaired) electrons. The molecule has 0 bridgehead atoms. The fraction of sp³-hybridized carbons (Fsp3) is 0.727. The van der Waals surface area contributed by atoms with Gasteiger partial charge in [-0.2, -0.15) is 5.10 Å². The topological polar surface area (TPSA) is 54.7 Å². The summed E-state index contributed by atoms with van der Waals surface area (Å²) < 4.78 is 0. The number of hydrogen-bond donors (Lipinski definition) is 2. The van der Waals surface area contributed by atoms with Crippen molar-refractivity contribution in [2.75, 3.05) is 0 Å². The molecule has 0 aromatic carbocycles. The van der Waals surface area contributed by atoms with E-state index >= 15 is 0 Å². The average Bonchev–Trinajstić information content (AvgIpc) is 2.76. The first-order valence-corrected chi connectivity index (χ1v) is 5.65. The number of H-pyrrole nitrogens is 1. The van der Waals surface area contributed by atoms with Crippen LogP contribution in [0, 0.1) is 0 Å². The smallest absolute Gasteiger partial charge is 0.0855 e. The first-order chi connectivity index (χ1) is 6.80. The van der Waals surface area contributed by atoms with Gasteiger partial charge in [0.2, 0.25) is 0 Å². The molecule has 0 spiro atoms. The Morgan fingerprint density at radius 2 is 1.93 bits per heavy atom. The van der Waals surface area contributed by atoms with Crippen LogP contribution in [-0.2, 0) is 18.4 Å². The quantitative estimate of drug-likeness (QED) is 0.708. The fourth-order valence-corrected chi connectivity index (χ4v) is 2.97. The molecule has 3 nitrogen and oxygen atoms in total. The monoisotopic (exact) mass is 191 g/mol. The van der Waals surface area contributed by atoms with Crippen LogP contribution < -0.4 is 5.73 Å². The van der Waals surface area contributed by atoms with Crippen molar-refractivity contribution in [1.82, 2.24) is 10.2 Å². The van der Waals surface area contributed by atoms with Gasteiger partial charge in [0.05, 0.1) is 11.2 Å². The van der Waals surface area contributed by atoms with E-state index in [1.807, 2.05) is 0 Å². The number of hydrogen-bond acceptors (Lipinski definition) is 2. The largest absolute Gasteiger partial charge is 0.320 e. The van der Waals surface area contributed by atoms with E-state index in [1.54, 1.807) is 0 Å². The van der Waals surface area contributed by atoms with Crippen molar-refractivity contribution in [3.8, 4) is 0 Å². The van der Waals surface area contributed by atoms with Gasteiger partial charge in [0.1, 0.15) is 0 Å². The van der Waals surface area contributed by atoms with Crippen LogP contribution in [0.3, 0.4) is 0 Å². The van der Waals surface area contributed by atoms with Crippen LogP contribution in [0.2, 0.25) is 0 Å². The van der Waals surface area contributed by atoms with Gasteiger partial charge in [-0.3, -0.25) is 5.10 Å². The molecule has 1 fully saturated rings. The van der Waals surface area contributed by atoms with E-state index in [0.717, 1.165) is 12.8 Å². The van der Waals surface area contributed by atoms with Gasteiger partial charge in [0.15, 0.2) is 0 Å². The predicted octanol–water partition coefficient (Wildman–Crippen LogP) is 1.63. The second-order valence-corrected chi connectivity index (χ2v) is 4.75. The Morgan fingerprint density at radius 3 is 2.71 bits per heavy atom. The molecule has 14 heavy (non-hydrogen) atoms. The van der Waals surface area contributed by atoms with Crippen molar-refractivity contribution in [2.45, 2.75) is 50.5 Å². The number of aromatic amines is 1. The Labute approximate surface area is 84.1 Å². The second-order valence-electron chi connectivity index (χ2n) is 4.75. The molecule has 0 atom stereocenters. The fourth-order valence-electron chi connectivity index (χ4n) is 2.97. The minimum Gasteiger partial charge on any atom is -0.320 e. The third-order valence-corrected chi connectivity index (χ3v) is 3.77. The summed E-state index contributed by atoms with van der Waals surface area (Å²) in [6.07, 6.45) is 8.37. The number of aromatic nitrogens is 2. The number of rotatable bonds is 1. The van der Waals surface area contributed by atoms with Crippen molar-refractivity contribution in [3.63, 3.8) is 0 Å². The lowest BCUT2D eigenvalue weighted by molar-refractivity contribution is 0.442. The molecule has 0 saturated heterocycles. The highest BCUT2D eigenvalue weighted by Gasteiger charge is 2.37. The van der Waals surface area contributed by atoms with Gasteiger partial charge in [0.25, 0.3) is 0 Å². The summed E-state index contributed by atoms with van der Waals surface area (Å²) in [4.78, 5) is 0. The minimum absolute atomic E-state index is 0.103. The van der Waals surface area contributed by atoms with E-state index in [2.05, 4.69) is 10.2 Å². The van der Waals surface area contributed by atoms with Crippen LogP contribution in [0.5, 0.6) is 0 Å². The Morgan fingerprint density at radius 1 is 1.14 bits per heavy atom. The molecular weight excluding hydrogens is 174 g/mol. The van der Waals surface area contributed by atoms with E-state index in [-0.39, 0.29) is 5.54 Å². The third-order valence-electron chi connectivity index (χ3n) is 3.77. The summed E-state index contributed by atoms with van der Waals surface area (Å²) in [6.45, 7) is 0. The molecule has 76 valence electrons. The standard InChI is InChI=1S/C11H17N3/c12-11(6-1-2-7-11)10-8-4-3-5-9(8)13-14-10/h1-7,12H2,(H,13,14). The van der Waals surface area contributed by atoms with Gasteiger partial charge in [-0.1, -0.05) is 12.8 Å². The molecule has 3 heteroatoms. The molecule has 1 saturated carbocycles. The van der Waals surface area contributed by atoms with Gasteiger partial charge >= 0.3 is 0 Å². The van der Waals surface area contributed by atoms with Gasteiger partial charge in [-0.15, -0.1) is 0 Å². The van der Waals surface area contributed by atoms with Crippen molar-refractivity contribution in [2.24, 2.45) is 5.73 Å². The van der Waals surface area contributed by atoms with E-state index < -0.39 is 0 Å². The van der Waals surface area contributed by atoms with Crippen molar-refractivity contribution in [1.29, 1.82) is 0 Å². The first-order valence-electron chi connectivity index (χ1n) is 5.65.